The zero-order valence-electron chi connectivity index (χ0n) is 18.8. The highest BCUT2D eigenvalue weighted by Gasteiger charge is 2.43. The summed E-state index contributed by atoms with van der Waals surface area (Å²) in [4.78, 5) is 50.7. The van der Waals surface area contributed by atoms with Gasteiger partial charge in [0.15, 0.2) is 6.10 Å². The van der Waals surface area contributed by atoms with Gasteiger partial charge in [0.2, 0.25) is 0 Å². The van der Waals surface area contributed by atoms with E-state index in [-0.39, 0.29) is 18.8 Å². The third kappa shape index (κ3) is 5.88. The van der Waals surface area contributed by atoms with Crippen LogP contribution < -0.4 is 20.9 Å². The van der Waals surface area contributed by atoms with E-state index in [1.54, 1.807) is 30.3 Å². The topological polar surface area (TPSA) is 164 Å². The zero-order chi connectivity index (χ0) is 25.2. The number of para-hydroxylation sites is 1. The Labute approximate surface area is 198 Å². The molecule has 2 saturated heterocycles. The molecule has 0 unspecified atom stereocenters. The molecule has 2 aliphatic heterocycles. The average Bonchev–Trinajstić information content (AvgIpc) is 3.19. The number of cyclic esters (lactones) is 1. The van der Waals surface area contributed by atoms with Crippen LogP contribution in [0.2, 0.25) is 0 Å². The number of aromatic amines is 1. The summed E-state index contributed by atoms with van der Waals surface area (Å²) in [5.41, 5.74) is -1.30. The van der Waals surface area contributed by atoms with Gasteiger partial charge in [-0.15, -0.1) is 0 Å². The second-order valence-electron chi connectivity index (χ2n) is 7.99. The van der Waals surface area contributed by atoms with Crippen LogP contribution in [0.4, 0.5) is 0 Å². The van der Waals surface area contributed by atoms with Gasteiger partial charge in [0.1, 0.15) is 30.2 Å². The van der Waals surface area contributed by atoms with E-state index in [2.05, 4.69) is 10.1 Å². The van der Waals surface area contributed by atoms with Crippen molar-refractivity contribution in [2.24, 2.45) is 0 Å². The molecule has 0 bridgehead atoms. The van der Waals surface area contributed by atoms with Gasteiger partial charge in [0.05, 0.1) is 6.61 Å². The average molecular weight is 509 g/mol. The Hall–Kier alpha value is -3.25. The number of carbonyl (C=O) groups is 2. The van der Waals surface area contributed by atoms with E-state index >= 15 is 0 Å². The Kier molecular flexibility index (Phi) is 7.22. The number of rotatable bonds is 3. The Balaban J connectivity index is 1.62. The summed E-state index contributed by atoms with van der Waals surface area (Å²) in [7, 11) is -4.16. The van der Waals surface area contributed by atoms with Crippen LogP contribution in [0.1, 0.15) is 26.5 Å². The van der Waals surface area contributed by atoms with Crippen molar-refractivity contribution < 1.29 is 37.4 Å². The summed E-state index contributed by atoms with van der Waals surface area (Å²) in [6.45, 7) is 2.34. The molecule has 0 saturated carbocycles. The van der Waals surface area contributed by atoms with Crippen molar-refractivity contribution in [3.05, 3.63) is 63.4 Å². The van der Waals surface area contributed by atoms with Crippen molar-refractivity contribution >= 4 is 19.7 Å². The molecular formula is C21H24N3O10P. The smallest absolute Gasteiger partial charge is 0.457 e. The normalized spacial score (nSPS) is 31.9. The van der Waals surface area contributed by atoms with Crippen LogP contribution in [-0.2, 0) is 32.9 Å². The molecule has 4 rings (SSSR count). The lowest BCUT2D eigenvalue weighted by Gasteiger charge is -2.27. The first-order valence-electron chi connectivity index (χ1n) is 10.8. The Morgan fingerprint density at radius 3 is 2.46 bits per heavy atom. The molecule has 0 amide bonds. The van der Waals surface area contributed by atoms with Gasteiger partial charge < -0.3 is 18.7 Å². The summed E-state index contributed by atoms with van der Waals surface area (Å²) in [6, 6.07) is 8.17. The van der Waals surface area contributed by atoms with Gasteiger partial charge in [-0.25, -0.2) is 14.2 Å². The predicted molar refractivity (Wildman–Crippen MR) is 119 cm³/mol. The third-order valence-electron chi connectivity index (χ3n) is 5.32. The maximum absolute atomic E-state index is 13.6. The van der Waals surface area contributed by atoms with E-state index in [9.17, 15) is 23.7 Å². The summed E-state index contributed by atoms with van der Waals surface area (Å²) >= 11 is 0. The minimum Gasteiger partial charge on any atom is -0.457 e. The van der Waals surface area contributed by atoms with Gasteiger partial charge in [-0.1, -0.05) is 18.2 Å². The Morgan fingerprint density at radius 2 is 1.74 bits per heavy atom. The van der Waals surface area contributed by atoms with E-state index in [0.717, 1.165) is 10.6 Å². The molecule has 1 aromatic heterocycles. The summed E-state index contributed by atoms with van der Waals surface area (Å²) in [5, 5.41) is 2.52. The lowest BCUT2D eigenvalue weighted by molar-refractivity contribution is -0.173. The molecule has 6 atom stereocenters. The van der Waals surface area contributed by atoms with Gasteiger partial charge in [-0.2, -0.15) is 5.09 Å². The van der Waals surface area contributed by atoms with E-state index in [1.165, 1.54) is 20.0 Å². The Morgan fingerprint density at radius 1 is 1.00 bits per heavy atom. The molecule has 1 aromatic carbocycles. The van der Waals surface area contributed by atoms with E-state index in [1.807, 2.05) is 0 Å². The molecule has 13 nitrogen and oxygen atoms in total. The summed E-state index contributed by atoms with van der Waals surface area (Å²) in [6.07, 6.45) is -2.84. The van der Waals surface area contributed by atoms with Crippen LogP contribution in [0, 0.1) is 0 Å². The molecule has 0 aliphatic carbocycles. The maximum atomic E-state index is 13.6. The number of H-pyrrole nitrogens is 1. The summed E-state index contributed by atoms with van der Waals surface area (Å²) in [5.74, 6) is -1.48. The first kappa shape index (κ1) is 24.9. The van der Waals surface area contributed by atoms with Gasteiger partial charge in [-0.3, -0.25) is 23.7 Å². The molecule has 14 heteroatoms. The molecule has 2 N–H and O–H groups in total. The number of hydrogen-bond donors (Lipinski definition) is 2. The molecule has 0 radical (unpaired) electrons. The summed E-state index contributed by atoms with van der Waals surface area (Å²) < 4.78 is 42.3. The first-order chi connectivity index (χ1) is 16.6. The highest BCUT2D eigenvalue weighted by Crippen LogP contribution is 2.46. The highest BCUT2D eigenvalue weighted by molar-refractivity contribution is 7.52. The zero-order valence-corrected chi connectivity index (χ0v) is 19.7. The monoisotopic (exact) mass is 509 g/mol. The quantitative estimate of drug-likeness (QED) is 0.445. The van der Waals surface area contributed by atoms with Gasteiger partial charge in [0, 0.05) is 18.7 Å². The lowest BCUT2D eigenvalue weighted by atomic mass is 10.2. The number of nitrogens with zero attached hydrogens (tertiary/aromatic N) is 1. The van der Waals surface area contributed by atoms with Gasteiger partial charge in [-0.05, 0) is 26.0 Å². The SMILES string of the molecule is C[C@@H]1N[P@@](=O)(Oc2ccccc2)OC[C@H]2O[C@@H](n3ccc(=O)[nH]c3=O)C[C@@H]2OC(=O)[C@H](C)OC1=O. The first-order valence-corrected chi connectivity index (χ1v) is 12.3. The molecule has 2 aliphatic rings. The van der Waals surface area contributed by atoms with Crippen molar-refractivity contribution in [2.75, 3.05) is 6.61 Å². The maximum Gasteiger partial charge on any atom is 0.459 e. The molecule has 2 fully saturated rings. The molecule has 0 spiro atoms. The number of esters is 2. The van der Waals surface area contributed by atoms with E-state index < -0.39 is 61.5 Å². The standard InChI is InChI=1S/C21H24N3O10P/c1-12-19(26)31-13(2)20(27)33-15-10-18(24-9-8-17(25)22-21(24)28)32-16(15)11-30-35(29,23-12)34-14-6-4-3-5-7-14/h3-9,12-13,15-16,18H,10-11H2,1-2H3,(H,23,29)(H,22,25,28)/t12-,13-,15-,16+,18+,35-/m0/s1. The number of carbonyl (C=O) groups excluding carboxylic acids is 2. The highest BCUT2D eigenvalue weighted by atomic mass is 31.2. The van der Waals surface area contributed by atoms with Crippen molar-refractivity contribution in [2.45, 2.75) is 50.8 Å². The molecule has 2 aromatic rings. The van der Waals surface area contributed by atoms with Crippen molar-refractivity contribution in [1.82, 2.24) is 14.6 Å². The van der Waals surface area contributed by atoms with Crippen LogP contribution in [0.15, 0.2) is 52.2 Å². The third-order valence-corrected chi connectivity index (χ3v) is 6.96. The van der Waals surface area contributed by atoms with E-state index in [4.69, 9.17) is 23.3 Å². The fourth-order valence-electron chi connectivity index (χ4n) is 3.54. The van der Waals surface area contributed by atoms with Crippen LogP contribution >= 0.6 is 7.75 Å². The molecule has 35 heavy (non-hydrogen) atoms. The largest absolute Gasteiger partial charge is 0.459 e. The molecule has 3 heterocycles. The van der Waals surface area contributed by atoms with Crippen LogP contribution in [0.5, 0.6) is 5.75 Å². The van der Waals surface area contributed by atoms with Crippen molar-refractivity contribution in [3.63, 3.8) is 0 Å². The Bertz CT molecular complexity index is 1250. The fourth-order valence-corrected chi connectivity index (χ4v) is 5.04. The van der Waals surface area contributed by atoms with Gasteiger partial charge in [0.25, 0.3) is 5.56 Å². The number of hydrogen-bond acceptors (Lipinski definition) is 10. The fraction of sp³-hybridized carbons (Fsp3) is 0.429. The van der Waals surface area contributed by atoms with Crippen LogP contribution in [0.3, 0.4) is 0 Å². The second-order valence-corrected chi connectivity index (χ2v) is 9.68. The minimum atomic E-state index is -4.16. The van der Waals surface area contributed by atoms with Crippen LogP contribution in [-0.4, -0.2) is 52.5 Å². The van der Waals surface area contributed by atoms with Crippen molar-refractivity contribution in [1.29, 1.82) is 0 Å². The number of benzene rings is 1. The minimum absolute atomic E-state index is 0.0139. The number of fused-ring (bicyclic) bond motifs is 1. The second kappa shape index (κ2) is 10.2. The molecule has 188 valence electrons. The molecular weight excluding hydrogens is 485 g/mol. The number of aromatic nitrogens is 2. The lowest BCUT2D eigenvalue weighted by Crippen LogP contribution is -2.42. The number of ether oxygens (including phenoxy) is 3. The number of nitrogens with one attached hydrogen (secondary N) is 2. The predicted octanol–water partition coefficient (Wildman–Crippen LogP) is 0.863. The van der Waals surface area contributed by atoms with E-state index in [0.29, 0.717) is 0 Å². The van der Waals surface area contributed by atoms with Crippen molar-refractivity contribution in [3.8, 4) is 5.75 Å². The van der Waals surface area contributed by atoms with Gasteiger partial charge >= 0.3 is 25.4 Å². The van der Waals surface area contributed by atoms with Crippen LogP contribution in [0.25, 0.3) is 0 Å².